The Morgan fingerprint density at radius 3 is 2.32 bits per heavy atom. The second kappa shape index (κ2) is 4.88. The van der Waals surface area contributed by atoms with Crippen LogP contribution >= 0.6 is 0 Å². The van der Waals surface area contributed by atoms with Crippen molar-refractivity contribution in [1.29, 1.82) is 0 Å². The topological polar surface area (TPSA) is 35.5 Å². The van der Waals surface area contributed by atoms with E-state index in [-0.39, 0.29) is 17.1 Å². The van der Waals surface area contributed by atoms with E-state index in [2.05, 4.69) is 40.3 Å². The van der Waals surface area contributed by atoms with Gasteiger partial charge in [0.1, 0.15) is 6.10 Å². The largest absolute Gasteiger partial charge is 0.462 e. The lowest BCUT2D eigenvalue weighted by Crippen LogP contribution is -2.46. The highest BCUT2D eigenvalue weighted by Crippen LogP contribution is 2.49. The Labute approximate surface area is 118 Å². The van der Waals surface area contributed by atoms with Crippen molar-refractivity contribution in [2.45, 2.75) is 70.9 Å². The molecule has 109 valence electrons. The number of rotatable bonds is 3. The molecule has 2 aliphatic carbocycles. The Balaban J connectivity index is 1.93. The molecule has 2 fully saturated rings. The third-order valence-electron chi connectivity index (χ3n) is 5.04. The van der Waals surface area contributed by atoms with E-state index in [0.29, 0.717) is 17.9 Å². The van der Waals surface area contributed by atoms with Gasteiger partial charge in [0, 0.05) is 19.4 Å². The lowest BCUT2D eigenvalue weighted by atomic mass is 9.95. The van der Waals surface area contributed by atoms with Gasteiger partial charge in [-0.25, -0.2) is 0 Å². The van der Waals surface area contributed by atoms with Crippen molar-refractivity contribution in [1.82, 2.24) is 0 Å². The molecule has 19 heavy (non-hydrogen) atoms. The Morgan fingerprint density at radius 1 is 1.26 bits per heavy atom. The molecular formula is C15H27O3Si. The Bertz CT molecular complexity index is 359. The van der Waals surface area contributed by atoms with Gasteiger partial charge in [0.05, 0.1) is 0 Å². The van der Waals surface area contributed by atoms with E-state index in [1.54, 1.807) is 0 Å². The number of hydrogen-bond donors (Lipinski definition) is 0. The fraction of sp³-hybridized carbons (Fsp3) is 0.867. The maximum absolute atomic E-state index is 11.1. The lowest BCUT2D eigenvalue weighted by Gasteiger charge is -2.41. The molecule has 0 amide bonds. The molecule has 0 heterocycles. The van der Waals surface area contributed by atoms with Crippen molar-refractivity contribution >= 4 is 14.3 Å². The fourth-order valence-electron chi connectivity index (χ4n) is 2.96. The van der Waals surface area contributed by atoms with Crippen LogP contribution in [-0.4, -0.2) is 26.5 Å². The molecule has 2 rings (SSSR count). The zero-order valence-corrected chi connectivity index (χ0v) is 14.0. The highest BCUT2D eigenvalue weighted by Gasteiger charge is 2.51. The molecule has 0 aromatic carbocycles. The molecule has 2 bridgehead atoms. The van der Waals surface area contributed by atoms with E-state index in [0.717, 1.165) is 12.8 Å². The van der Waals surface area contributed by atoms with E-state index < -0.39 is 8.32 Å². The van der Waals surface area contributed by atoms with Gasteiger partial charge in [0.2, 0.25) is 0 Å². The summed E-state index contributed by atoms with van der Waals surface area (Å²) in [4.78, 5) is 11.1. The minimum Gasteiger partial charge on any atom is -0.462 e. The summed E-state index contributed by atoms with van der Waals surface area (Å²) in [5.41, 5.74) is 0. The molecule has 3 nitrogen and oxygen atoms in total. The van der Waals surface area contributed by atoms with Crippen LogP contribution in [0.4, 0.5) is 0 Å². The first-order valence-corrected chi connectivity index (χ1v) is 10.2. The molecule has 0 aromatic rings. The molecule has 0 N–H and O–H groups in total. The van der Waals surface area contributed by atoms with Crippen molar-refractivity contribution < 1.29 is 14.0 Å². The van der Waals surface area contributed by atoms with E-state index in [9.17, 15) is 4.79 Å². The lowest BCUT2D eigenvalue weighted by molar-refractivity contribution is -0.147. The summed E-state index contributed by atoms with van der Waals surface area (Å²) in [7, 11) is -1.69. The fourth-order valence-corrected chi connectivity index (χ4v) is 4.34. The van der Waals surface area contributed by atoms with Crippen LogP contribution < -0.4 is 0 Å². The standard InChI is InChI=1S/C15H27O3Si/c1-10(16)17-13-8-12-7-11(13)9-14(12)18-19(5,6)15(2,3)4/h8,11-14H,7,9H2,1-6H3/t11-,12-,13+,14-/m0/s1. The molecule has 0 saturated heterocycles. The summed E-state index contributed by atoms with van der Waals surface area (Å²) in [6, 6.07) is 0. The van der Waals surface area contributed by atoms with Gasteiger partial charge in [-0.15, -0.1) is 0 Å². The number of carbonyl (C=O) groups excluding carboxylic acids is 1. The Kier molecular flexibility index (Phi) is 3.87. The van der Waals surface area contributed by atoms with Crippen LogP contribution in [0.25, 0.3) is 0 Å². The van der Waals surface area contributed by atoms with Gasteiger partial charge in [0.15, 0.2) is 8.32 Å². The molecule has 0 aliphatic heterocycles. The maximum Gasteiger partial charge on any atom is 0.302 e. The first kappa shape index (κ1) is 15.0. The molecule has 0 spiro atoms. The second-order valence-electron chi connectivity index (χ2n) is 7.58. The second-order valence-corrected chi connectivity index (χ2v) is 12.3. The monoisotopic (exact) mass is 283 g/mol. The van der Waals surface area contributed by atoms with Crippen molar-refractivity contribution in [2.24, 2.45) is 11.8 Å². The highest BCUT2D eigenvalue weighted by atomic mass is 28.4. The van der Waals surface area contributed by atoms with Crippen LogP contribution in [0.15, 0.2) is 0 Å². The van der Waals surface area contributed by atoms with Gasteiger partial charge < -0.3 is 9.16 Å². The summed E-state index contributed by atoms with van der Waals surface area (Å²) in [6.45, 7) is 12.9. The quantitative estimate of drug-likeness (QED) is 0.587. The molecule has 0 aromatic heterocycles. The van der Waals surface area contributed by atoms with Crippen molar-refractivity contribution in [3.05, 3.63) is 6.42 Å². The molecule has 4 atom stereocenters. The number of esters is 1. The van der Waals surface area contributed by atoms with E-state index in [1.165, 1.54) is 6.92 Å². The third-order valence-corrected chi connectivity index (χ3v) is 9.55. The van der Waals surface area contributed by atoms with Crippen molar-refractivity contribution in [2.75, 3.05) is 0 Å². The van der Waals surface area contributed by atoms with Crippen LogP contribution in [0.5, 0.6) is 0 Å². The number of ether oxygens (including phenoxy) is 1. The van der Waals surface area contributed by atoms with Crippen LogP contribution in [0.1, 0.15) is 40.5 Å². The third kappa shape index (κ3) is 3.05. The first-order chi connectivity index (χ1) is 8.60. The predicted molar refractivity (Wildman–Crippen MR) is 78.1 cm³/mol. The minimum absolute atomic E-state index is 0.0294. The molecule has 0 unspecified atom stereocenters. The molecule has 1 radical (unpaired) electrons. The predicted octanol–water partition coefficient (Wildman–Crippen LogP) is 3.55. The van der Waals surface area contributed by atoms with Crippen LogP contribution in [0.3, 0.4) is 0 Å². The van der Waals surface area contributed by atoms with E-state index in [1.807, 2.05) is 0 Å². The van der Waals surface area contributed by atoms with Gasteiger partial charge in [0.25, 0.3) is 0 Å². The first-order valence-electron chi connectivity index (χ1n) is 7.30. The Hall–Kier alpha value is -0.353. The van der Waals surface area contributed by atoms with Gasteiger partial charge in [-0.2, -0.15) is 0 Å². The summed E-state index contributed by atoms with van der Waals surface area (Å²) in [5.74, 6) is 0.780. The van der Waals surface area contributed by atoms with Gasteiger partial charge >= 0.3 is 5.97 Å². The molecule has 2 aliphatic rings. The zero-order chi connectivity index (χ0) is 14.4. The van der Waals surface area contributed by atoms with E-state index >= 15 is 0 Å². The molecule has 4 heteroatoms. The SMILES string of the molecule is CC(=O)O[C@@H]1[CH][C@@H]2C[C@H]1C[C@@H]2O[Si](C)(C)C(C)(C)C. The average molecular weight is 283 g/mol. The summed E-state index contributed by atoms with van der Waals surface area (Å²) in [5, 5.41) is 0.254. The number of carbonyl (C=O) groups is 1. The van der Waals surface area contributed by atoms with E-state index in [4.69, 9.17) is 9.16 Å². The van der Waals surface area contributed by atoms with Gasteiger partial charge in [-0.05, 0) is 42.8 Å². The molecule has 2 saturated carbocycles. The van der Waals surface area contributed by atoms with Crippen LogP contribution in [0.2, 0.25) is 18.1 Å². The van der Waals surface area contributed by atoms with Gasteiger partial charge in [-0.1, -0.05) is 20.8 Å². The number of hydrogen-bond acceptors (Lipinski definition) is 3. The molecular weight excluding hydrogens is 256 g/mol. The smallest absolute Gasteiger partial charge is 0.302 e. The normalized spacial score (nSPS) is 34.6. The van der Waals surface area contributed by atoms with Crippen LogP contribution in [0, 0.1) is 18.3 Å². The average Bonchev–Trinajstić information content (AvgIpc) is 2.73. The zero-order valence-electron chi connectivity index (χ0n) is 13.0. The van der Waals surface area contributed by atoms with Crippen molar-refractivity contribution in [3.63, 3.8) is 0 Å². The number of fused-ring (bicyclic) bond motifs is 2. The maximum atomic E-state index is 11.1. The summed E-state index contributed by atoms with van der Waals surface area (Å²) in [6.07, 6.45) is 4.75. The summed E-state index contributed by atoms with van der Waals surface area (Å²) >= 11 is 0. The Morgan fingerprint density at radius 2 is 1.89 bits per heavy atom. The highest BCUT2D eigenvalue weighted by molar-refractivity contribution is 6.74. The summed E-state index contributed by atoms with van der Waals surface area (Å²) < 4.78 is 11.9. The van der Waals surface area contributed by atoms with Gasteiger partial charge in [-0.3, -0.25) is 4.79 Å². The van der Waals surface area contributed by atoms with Crippen molar-refractivity contribution in [3.8, 4) is 0 Å². The van der Waals surface area contributed by atoms with Crippen LogP contribution in [-0.2, 0) is 14.0 Å². The minimum atomic E-state index is -1.69.